The number of carbonyl (C=O) groups excluding carboxylic acids is 1. The second-order valence-corrected chi connectivity index (χ2v) is 9.34. The van der Waals surface area contributed by atoms with Gasteiger partial charge in [-0.05, 0) is 37.3 Å². The first kappa shape index (κ1) is 20.9. The largest absolute Gasteiger partial charge is 0.312 e. The Morgan fingerprint density at radius 1 is 1.26 bits per heavy atom. The molecule has 0 aliphatic rings. The van der Waals surface area contributed by atoms with Crippen LogP contribution in [-0.4, -0.2) is 28.7 Å². The number of thiazole rings is 1. The summed E-state index contributed by atoms with van der Waals surface area (Å²) in [7, 11) is -3.84. The van der Waals surface area contributed by atoms with Gasteiger partial charge in [0.2, 0.25) is 10.0 Å². The number of sulfonamides is 1. The summed E-state index contributed by atoms with van der Waals surface area (Å²) in [5.41, 5.74) is 2.64. The van der Waals surface area contributed by atoms with Crippen LogP contribution < -0.4 is 9.94 Å². The maximum Gasteiger partial charge on any atom is 0.283 e. The molecular formula is C21H19N5O3S2. The third-order valence-corrected chi connectivity index (χ3v) is 6.68. The number of rotatable bonds is 5. The van der Waals surface area contributed by atoms with Crippen LogP contribution in [-0.2, 0) is 16.6 Å². The fraction of sp³-hybridized carbons (Fsp3) is 0.0952. The van der Waals surface area contributed by atoms with Crippen LogP contribution in [0.25, 0.3) is 15.9 Å². The van der Waals surface area contributed by atoms with Gasteiger partial charge in [0, 0.05) is 6.54 Å². The Morgan fingerprint density at radius 2 is 2.00 bits per heavy atom. The minimum atomic E-state index is -3.84. The van der Waals surface area contributed by atoms with Gasteiger partial charge in [-0.1, -0.05) is 35.6 Å². The number of nitrogens with two attached hydrogens (primary N) is 1. The molecule has 4 rings (SSSR count). The van der Waals surface area contributed by atoms with Gasteiger partial charge in [0.25, 0.3) is 5.91 Å². The molecule has 0 atom stereocenters. The molecule has 0 aliphatic carbocycles. The van der Waals surface area contributed by atoms with Crippen molar-refractivity contribution in [2.45, 2.75) is 18.4 Å². The number of carbonyl (C=O) groups is 1. The fourth-order valence-electron chi connectivity index (χ4n) is 3.22. The summed E-state index contributed by atoms with van der Waals surface area (Å²) in [5.74, 6) is -0.435. The van der Waals surface area contributed by atoms with Crippen molar-refractivity contribution in [3.05, 3.63) is 83.4 Å². The maximum atomic E-state index is 13.0. The Morgan fingerprint density at radius 3 is 2.68 bits per heavy atom. The van der Waals surface area contributed by atoms with Crippen molar-refractivity contribution in [2.75, 3.05) is 0 Å². The standard InChI is InChI=1S/C21H19N5O3S2/c1-3-11-25-18-10-9-16(31(22,28)29)12-19(18)30-21(25)24-20(27)17-13-23-26(14(17)2)15-7-5-4-6-8-15/h3-10,12-13H,1,11H2,2H3,(H2,22,28,29). The molecule has 4 aromatic rings. The van der Waals surface area contributed by atoms with E-state index in [0.717, 1.165) is 11.2 Å². The fourth-order valence-corrected chi connectivity index (χ4v) is 4.91. The zero-order valence-corrected chi connectivity index (χ0v) is 18.2. The lowest BCUT2D eigenvalue weighted by Gasteiger charge is -2.04. The smallest absolute Gasteiger partial charge is 0.283 e. The lowest BCUT2D eigenvalue weighted by molar-refractivity contribution is 0.0997. The summed E-state index contributed by atoms with van der Waals surface area (Å²) in [4.78, 5) is 17.7. The molecule has 2 heterocycles. The Labute approximate surface area is 182 Å². The molecule has 0 unspecified atom stereocenters. The van der Waals surface area contributed by atoms with Crippen LogP contribution in [0.2, 0.25) is 0 Å². The van der Waals surface area contributed by atoms with Crippen molar-refractivity contribution >= 4 is 37.5 Å². The minimum Gasteiger partial charge on any atom is -0.312 e. The highest BCUT2D eigenvalue weighted by Crippen LogP contribution is 2.22. The van der Waals surface area contributed by atoms with Crippen molar-refractivity contribution in [1.82, 2.24) is 14.3 Å². The quantitative estimate of drug-likeness (QED) is 0.468. The highest BCUT2D eigenvalue weighted by atomic mass is 32.2. The molecule has 0 saturated carbocycles. The molecule has 2 N–H and O–H groups in total. The van der Waals surface area contributed by atoms with Crippen molar-refractivity contribution in [3.63, 3.8) is 0 Å². The van der Waals surface area contributed by atoms with Gasteiger partial charge < -0.3 is 4.57 Å². The van der Waals surface area contributed by atoms with Gasteiger partial charge in [-0.2, -0.15) is 10.1 Å². The van der Waals surface area contributed by atoms with Crippen LogP contribution in [0.15, 0.2) is 77.3 Å². The Bertz CT molecular complexity index is 1480. The lowest BCUT2D eigenvalue weighted by Crippen LogP contribution is -2.16. The van der Waals surface area contributed by atoms with Gasteiger partial charge in [-0.3, -0.25) is 4.79 Å². The van der Waals surface area contributed by atoms with Crippen LogP contribution in [0.1, 0.15) is 16.1 Å². The minimum absolute atomic E-state index is 0.00450. The van der Waals surface area contributed by atoms with Gasteiger partial charge in [-0.15, -0.1) is 6.58 Å². The summed E-state index contributed by atoms with van der Waals surface area (Å²) in [6, 6.07) is 14.1. The van der Waals surface area contributed by atoms with E-state index < -0.39 is 15.9 Å². The SMILES string of the molecule is C=CCn1c(=NC(=O)c2cnn(-c3ccccc3)c2C)sc2cc(S(N)(=O)=O)ccc21. The van der Waals surface area contributed by atoms with Gasteiger partial charge >= 0.3 is 0 Å². The number of aromatic nitrogens is 3. The summed E-state index contributed by atoms with van der Waals surface area (Å²) >= 11 is 1.21. The number of primary sulfonamides is 1. The Hall–Kier alpha value is -3.34. The number of hydrogen-bond acceptors (Lipinski definition) is 5. The number of allylic oxidation sites excluding steroid dienone is 1. The van der Waals surface area contributed by atoms with Crippen molar-refractivity contribution < 1.29 is 13.2 Å². The van der Waals surface area contributed by atoms with Crippen LogP contribution in [0, 0.1) is 6.92 Å². The number of fused-ring (bicyclic) bond motifs is 1. The molecule has 10 heteroatoms. The van der Waals surface area contributed by atoms with Crippen molar-refractivity contribution in [2.24, 2.45) is 10.1 Å². The molecule has 2 aromatic heterocycles. The van der Waals surface area contributed by atoms with Gasteiger partial charge in [0.05, 0.1) is 38.3 Å². The van der Waals surface area contributed by atoms with Crippen LogP contribution in [0.5, 0.6) is 0 Å². The number of nitrogens with zero attached hydrogens (tertiary/aromatic N) is 4. The molecule has 0 aliphatic heterocycles. The number of hydrogen-bond donors (Lipinski definition) is 1. The number of amides is 1. The summed E-state index contributed by atoms with van der Waals surface area (Å²) < 4.78 is 27.5. The summed E-state index contributed by atoms with van der Waals surface area (Å²) in [6.07, 6.45) is 3.18. The molecule has 8 nitrogen and oxygen atoms in total. The van der Waals surface area contributed by atoms with Crippen LogP contribution in [0.4, 0.5) is 0 Å². The zero-order valence-electron chi connectivity index (χ0n) is 16.6. The van der Waals surface area contributed by atoms with E-state index >= 15 is 0 Å². The van der Waals surface area contributed by atoms with Gasteiger partial charge in [0.1, 0.15) is 0 Å². The molecule has 2 aromatic carbocycles. The molecule has 31 heavy (non-hydrogen) atoms. The zero-order chi connectivity index (χ0) is 22.2. The molecule has 0 spiro atoms. The second-order valence-electron chi connectivity index (χ2n) is 6.77. The van der Waals surface area contributed by atoms with Crippen LogP contribution >= 0.6 is 11.3 Å². The predicted molar refractivity (Wildman–Crippen MR) is 120 cm³/mol. The molecule has 0 fully saturated rings. The normalized spacial score (nSPS) is 12.4. The molecule has 0 saturated heterocycles. The van der Waals surface area contributed by atoms with E-state index in [1.165, 1.54) is 29.7 Å². The highest BCUT2D eigenvalue weighted by molar-refractivity contribution is 7.89. The third-order valence-electron chi connectivity index (χ3n) is 4.73. The first-order chi connectivity index (χ1) is 14.8. The van der Waals surface area contributed by atoms with Crippen LogP contribution in [0.3, 0.4) is 0 Å². The molecule has 0 radical (unpaired) electrons. The van der Waals surface area contributed by atoms with E-state index in [1.54, 1.807) is 21.4 Å². The molecular weight excluding hydrogens is 434 g/mol. The summed E-state index contributed by atoms with van der Waals surface area (Å²) in [5, 5.41) is 9.57. The number of para-hydroxylation sites is 1. The molecule has 1 amide bonds. The van der Waals surface area contributed by atoms with E-state index in [9.17, 15) is 13.2 Å². The van der Waals surface area contributed by atoms with Crippen molar-refractivity contribution in [3.8, 4) is 5.69 Å². The molecule has 158 valence electrons. The number of benzene rings is 2. The van der Waals surface area contributed by atoms with Crippen molar-refractivity contribution in [1.29, 1.82) is 0 Å². The predicted octanol–water partition coefficient (Wildman–Crippen LogP) is 2.77. The van der Waals surface area contributed by atoms with E-state index in [1.807, 2.05) is 37.3 Å². The second kappa shape index (κ2) is 8.06. The third kappa shape index (κ3) is 4.00. The van der Waals surface area contributed by atoms with E-state index in [4.69, 9.17) is 5.14 Å². The maximum absolute atomic E-state index is 13.0. The topological polar surface area (TPSA) is 112 Å². The van der Waals surface area contributed by atoms with Gasteiger partial charge in [-0.25, -0.2) is 18.2 Å². The Kier molecular flexibility index (Phi) is 5.44. The van der Waals surface area contributed by atoms with E-state index in [0.29, 0.717) is 27.3 Å². The average molecular weight is 454 g/mol. The summed E-state index contributed by atoms with van der Waals surface area (Å²) in [6.45, 7) is 5.97. The van der Waals surface area contributed by atoms with E-state index in [-0.39, 0.29) is 4.90 Å². The monoisotopic (exact) mass is 453 g/mol. The highest BCUT2D eigenvalue weighted by Gasteiger charge is 2.16. The average Bonchev–Trinajstić information content (AvgIpc) is 3.28. The Balaban J connectivity index is 1.82. The first-order valence-electron chi connectivity index (χ1n) is 9.26. The van der Waals surface area contributed by atoms with Gasteiger partial charge in [0.15, 0.2) is 4.80 Å². The first-order valence-corrected chi connectivity index (χ1v) is 11.6. The lowest BCUT2D eigenvalue weighted by atomic mass is 10.2. The van der Waals surface area contributed by atoms with E-state index in [2.05, 4.69) is 16.7 Å². The molecule has 0 bridgehead atoms.